The Labute approximate surface area is 134 Å². The van der Waals surface area contributed by atoms with E-state index in [0.717, 1.165) is 35.3 Å². The van der Waals surface area contributed by atoms with Crippen LogP contribution in [0.4, 0.5) is 11.5 Å². The summed E-state index contributed by atoms with van der Waals surface area (Å²) in [6.07, 6.45) is 1.60. The molecule has 0 radical (unpaired) electrons. The van der Waals surface area contributed by atoms with Crippen LogP contribution >= 0.6 is 23.8 Å². The Morgan fingerprint density at radius 2 is 2.05 bits per heavy atom. The third-order valence-corrected chi connectivity index (χ3v) is 3.62. The van der Waals surface area contributed by atoms with Gasteiger partial charge in [0, 0.05) is 10.7 Å². The minimum atomic E-state index is 0.320. The van der Waals surface area contributed by atoms with Gasteiger partial charge in [-0.1, -0.05) is 43.7 Å². The molecule has 1 aromatic heterocycles. The van der Waals surface area contributed by atoms with Crippen molar-refractivity contribution < 1.29 is 0 Å². The van der Waals surface area contributed by atoms with Gasteiger partial charge in [0.25, 0.3) is 0 Å². The smallest absolute Gasteiger partial charge is 0.163 e. The molecule has 2 aromatic rings. The molecule has 6 heteroatoms. The van der Waals surface area contributed by atoms with Gasteiger partial charge < -0.3 is 11.1 Å². The van der Waals surface area contributed by atoms with E-state index in [-0.39, 0.29) is 0 Å². The van der Waals surface area contributed by atoms with Crippen molar-refractivity contribution in [2.75, 3.05) is 5.32 Å². The monoisotopic (exact) mass is 320 g/mol. The number of nitrogens with one attached hydrogen (secondary N) is 1. The van der Waals surface area contributed by atoms with E-state index in [1.165, 1.54) is 0 Å². The Morgan fingerprint density at radius 1 is 1.29 bits per heavy atom. The fourth-order valence-corrected chi connectivity index (χ4v) is 2.64. The quantitative estimate of drug-likeness (QED) is 0.824. The number of nitrogens with zero attached hydrogens (tertiary/aromatic N) is 2. The molecule has 0 fully saturated rings. The van der Waals surface area contributed by atoms with Gasteiger partial charge in [-0.15, -0.1) is 5.10 Å². The summed E-state index contributed by atoms with van der Waals surface area (Å²) in [5.74, 6) is 0.568. The average Bonchev–Trinajstić information content (AvgIpc) is 2.46. The van der Waals surface area contributed by atoms with Crippen molar-refractivity contribution in [2.24, 2.45) is 5.73 Å². The normalized spacial score (nSPS) is 10.4. The van der Waals surface area contributed by atoms with E-state index in [1.807, 2.05) is 31.2 Å². The van der Waals surface area contributed by atoms with Crippen LogP contribution in [0.5, 0.6) is 0 Å². The lowest BCUT2D eigenvalue weighted by molar-refractivity contribution is 0.879. The van der Waals surface area contributed by atoms with Crippen LogP contribution < -0.4 is 11.1 Å². The Hall–Kier alpha value is -1.72. The molecule has 0 bridgehead atoms. The molecule has 0 aliphatic carbocycles. The lowest BCUT2D eigenvalue weighted by atomic mass is 10.0. The van der Waals surface area contributed by atoms with Crippen LogP contribution in [0.2, 0.25) is 5.02 Å². The molecule has 0 amide bonds. The highest BCUT2D eigenvalue weighted by molar-refractivity contribution is 7.80. The maximum absolute atomic E-state index is 5.99. The van der Waals surface area contributed by atoms with Gasteiger partial charge in [0.1, 0.15) is 4.99 Å². The summed E-state index contributed by atoms with van der Waals surface area (Å²) in [6.45, 7) is 4.09. The van der Waals surface area contributed by atoms with E-state index in [1.54, 1.807) is 0 Å². The molecule has 21 heavy (non-hydrogen) atoms. The zero-order chi connectivity index (χ0) is 15.4. The molecular weight excluding hydrogens is 304 g/mol. The molecule has 0 unspecified atom stereocenters. The molecule has 4 nitrogen and oxygen atoms in total. The van der Waals surface area contributed by atoms with Gasteiger partial charge >= 0.3 is 0 Å². The summed E-state index contributed by atoms with van der Waals surface area (Å²) in [5.41, 5.74) is 9.45. The predicted octanol–water partition coefficient (Wildman–Crippen LogP) is 3.63. The highest BCUT2D eigenvalue weighted by Crippen LogP contribution is 2.25. The van der Waals surface area contributed by atoms with Gasteiger partial charge in [0.05, 0.1) is 11.3 Å². The van der Waals surface area contributed by atoms with Crippen LogP contribution in [0.1, 0.15) is 30.7 Å². The standard InChI is InChI=1S/C15H17ClN4S/c1-3-11-12(4-2)19-20-15(13(11)14(17)21)18-10-7-5-6-9(16)8-10/h5-8H,3-4H2,1-2H3,(H2,17,21)(H,18,20). The molecule has 0 saturated carbocycles. The summed E-state index contributed by atoms with van der Waals surface area (Å²) in [6, 6.07) is 7.38. The molecule has 0 spiro atoms. The highest BCUT2D eigenvalue weighted by Gasteiger charge is 2.16. The summed E-state index contributed by atoms with van der Waals surface area (Å²) >= 11 is 11.2. The molecule has 2 rings (SSSR count). The van der Waals surface area contributed by atoms with E-state index in [9.17, 15) is 0 Å². The highest BCUT2D eigenvalue weighted by atomic mass is 35.5. The lowest BCUT2D eigenvalue weighted by Gasteiger charge is -2.15. The van der Waals surface area contributed by atoms with Crippen LogP contribution in [0.3, 0.4) is 0 Å². The molecule has 3 N–H and O–H groups in total. The molecule has 0 aliphatic heterocycles. The minimum absolute atomic E-state index is 0.320. The van der Waals surface area contributed by atoms with Gasteiger partial charge in [-0.25, -0.2) is 0 Å². The Balaban J connectivity index is 2.50. The van der Waals surface area contributed by atoms with Crippen LogP contribution in [-0.4, -0.2) is 15.2 Å². The zero-order valence-electron chi connectivity index (χ0n) is 12.0. The number of hydrogen-bond donors (Lipinski definition) is 2. The van der Waals surface area contributed by atoms with Gasteiger partial charge in [-0.05, 0) is 36.6 Å². The van der Waals surface area contributed by atoms with Gasteiger partial charge in [0.2, 0.25) is 0 Å². The second-order valence-electron chi connectivity index (χ2n) is 4.56. The summed E-state index contributed by atoms with van der Waals surface area (Å²) in [7, 11) is 0. The third kappa shape index (κ3) is 3.49. The van der Waals surface area contributed by atoms with E-state index < -0.39 is 0 Å². The third-order valence-electron chi connectivity index (χ3n) is 3.18. The zero-order valence-corrected chi connectivity index (χ0v) is 13.6. The van der Waals surface area contributed by atoms with Crippen LogP contribution in [0, 0.1) is 0 Å². The first kappa shape index (κ1) is 15.7. The van der Waals surface area contributed by atoms with E-state index in [4.69, 9.17) is 29.6 Å². The number of anilines is 2. The van der Waals surface area contributed by atoms with Gasteiger partial charge in [0.15, 0.2) is 5.82 Å². The van der Waals surface area contributed by atoms with Crippen LogP contribution in [0.25, 0.3) is 0 Å². The summed E-state index contributed by atoms with van der Waals surface area (Å²) < 4.78 is 0. The van der Waals surface area contributed by atoms with Gasteiger partial charge in [-0.3, -0.25) is 0 Å². The molecule has 0 atom stereocenters. The molecule has 110 valence electrons. The van der Waals surface area contributed by atoms with Crippen LogP contribution in [0.15, 0.2) is 24.3 Å². The van der Waals surface area contributed by atoms with Crippen molar-refractivity contribution in [1.29, 1.82) is 0 Å². The SMILES string of the molecule is CCc1nnc(Nc2cccc(Cl)c2)c(C(N)=S)c1CC. The fourth-order valence-electron chi connectivity index (χ4n) is 2.23. The second kappa shape index (κ2) is 6.83. The summed E-state index contributed by atoms with van der Waals surface area (Å²) in [5, 5.41) is 12.3. The van der Waals surface area contributed by atoms with Crippen molar-refractivity contribution in [3.8, 4) is 0 Å². The van der Waals surface area contributed by atoms with Crippen molar-refractivity contribution >= 4 is 40.3 Å². The topological polar surface area (TPSA) is 63.8 Å². The minimum Gasteiger partial charge on any atom is -0.389 e. The maximum atomic E-state index is 5.99. The second-order valence-corrected chi connectivity index (χ2v) is 5.43. The Morgan fingerprint density at radius 3 is 2.62 bits per heavy atom. The number of rotatable bonds is 5. The predicted molar refractivity (Wildman–Crippen MR) is 91.4 cm³/mol. The number of halogens is 1. The first-order valence-electron chi connectivity index (χ1n) is 6.77. The molecule has 1 heterocycles. The van der Waals surface area contributed by atoms with E-state index >= 15 is 0 Å². The maximum Gasteiger partial charge on any atom is 0.163 e. The Kier molecular flexibility index (Phi) is 5.09. The number of aryl methyl sites for hydroxylation is 1. The van der Waals surface area contributed by atoms with Crippen molar-refractivity contribution in [1.82, 2.24) is 10.2 Å². The van der Waals surface area contributed by atoms with Crippen molar-refractivity contribution in [3.63, 3.8) is 0 Å². The molecule has 0 saturated heterocycles. The molecule has 0 aliphatic rings. The largest absolute Gasteiger partial charge is 0.389 e. The van der Waals surface area contributed by atoms with Crippen molar-refractivity contribution in [3.05, 3.63) is 46.1 Å². The van der Waals surface area contributed by atoms with Gasteiger partial charge in [-0.2, -0.15) is 5.10 Å². The van der Waals surface area contributed by atoms with Crippen molar-refractivity contribution in [2.45, 2.75) is 26.7 Å². The number of nitrogens with two attached hydrogens (primary N) is 1. The Bertz CT molecular complexity index is 673. The molecule has 1 aromatic carbocycles. The van der Waals surface area contributed by atoms with E-state index in [2.05, 4.69) is 22.4 Å². The molecular formula is C15H17ClN4S. The first-order valence-corrected chi connectivity index (χ1v) is 7.56. The fraction of sp³-hybridized carbons (Fsp3) is 0.267. The number of aromatic nitrogens is 2. The average molecular weight is 321 g/mol. The van der Waals surface area contributed by atoms with E-state index in [0.29, 0.717) is 15.8 Å². The number of thiocarbonyl (C=S) groups is 1. The lowest BCUT2D eigenvalue weighted by Crippen LogP contribution is -2.18. The van der Waals surface area contributed by atoms with Crippen LogP contribution in [-0.2, 0) is 12.8 Å². The summed E-state index contributed by atoms with van der Waals surface area (Å²) in [4.78, 5) is 0.320. The number of benzene rings is 1. The number of hydrogen-bond acceptors (Lipinski definition) is 4. The first-order chi connectivity index (χ1) is 10.1.